The maximum absolute atomic E-state index is 6.73. The fourth-order valence-electron chi connectivity index (χ4n) is 8.20. The molecule has 7 aromatic rings. The van der Waals surface area contributed by atoms with Crippen LogP contribution >= 0.6 is 0 Å². The molecule has 0 N–H and O–H groups in total. The Labute approximate surface area is 277 Å². The first-order valence-electron chi connectivity index (χ1n) is 16.1. The van der Waals surface area contributed by atoms with Gasteiger partial charge in [0, 0.05) is 0 Å². The molecule has 0 saturated heterocycles. The van der Waals surface area contributed by atoms with Crippen LogP contribution in [-0.2, 0) is 0 Å². The van der Waals surface area contributed by atoms with Crippen LogP contribution in [0.15, 0.2) is 170 Å². The van der Waals surface area contributed by atoms with Crippen molar-refractivity contribution in [2.24, 2.45) is 0 Å². The van der Waals surface area contributed by atoms with Gasteiger partial charge in [-0.05, 0) is 0 Å². The van der Waals surface area contributed by atoms with Crippen molar-refractivity contribution in [3.63, 3.8) is 0 Å². The first kappa shape index (κ1) is 26.7. The van der Waals surface area contributed by atoms with Crippen molar-refractivity contribution in [3.05, 3.63) is 170 Å². The average Bonchev–Trinajstić information content (AvgIpc) is 3.14. The standard InChI is InChI=1S/C42H28BGeNO2/c1-3-15-29(16-4-1)44(30-17-5-2-6-18-30)34-21-9-11-23-36(34)45(37-24-12-10-22-35(37)44)31-27-40-42-41(28-31)47-39-26-14-8-20-33(39)43(42)32-19-7-13-25-38(32)46-40/h1-28H. The Morgan fingerprint density at radius 1 is 0.426 bits per heavy atom. The SMILES string of the molecule is c1cc[c]([Ge]2([c]3ccccc3)[c]3ccccc3N(c3cc4c5c(c3)Oc3ccccc3B5c3ccccc3O4)c3cccc[c]32)cc1. The second-order valence-electron chi connectivity index (χ2n) is 12.4. The van der Waals surface area contributed by atoms with E-state index in [9.17, 15) is 0 Å². The van der Waals surface area contributed by atoms with Gasteiger partial charge < -0.3 is 0 Å². The molecule has 5 heteroatoms. The summed E-state index contributed by atoms with van der Waals surface area (Å²) >= 11 is -3.46. The Morgan fingerprint density at radius 3 is 1.36 bits per heavy atom. The molecule has 3 heterocycles. The zero-order chi connectivity index (χ0) is 31.0. The first-order valence-corrected chi connectivity index (χ1v) is 20.3. The number of hydrogen-bond donors (Lipinski definition) is 0. The predicted octanol–water partition coefficient (Wildman–Crippen LogP) is 5.57. The molecule has 3 aliphatic heterocycles. The van der Waals surface area contributed by atoms with Crippen molar-refractivity contribution in [2.45, 2.75) is 0 Å². The summed E-state index contributed by atoms with van der Waals surface area (Å²) in [7, 11) is 0. The summed E-state index contributed by atoms with van der Waals surface area (Å²) in [5.74, 6) is 3.48. The van der Waals surface area contributed by atoms with E-state index in [1.165, 1.54) is 39.9 Å². The Kier molecular flexibility index (Phi) is 5.85. The Balaban J connectivity index is 1.25. The number of rotatable bonds is 3. The molecule has 3 nitrogen and oxygen atoms in total. The number of nitrogens with zero attached hydrogens (tertiary/aromatic N) is 1. The molecule has 0 aliphatic carbocycles. The van der Waals surface area contributed by atoms with E-state index in [-0.39, 0.29) is 6.71 Å². The summed E-state index contributed by atoms with van der Waals surface area (Å²) < 4.78 is 19.1. The summed E-state index contributed by atoms with van der Waals surface area (Å²) in [6.45, 7) is 0.0451. The molecule has 0 saturated carbocycles. The molecular weight excluding hydrogens is 634 g/mol. The Hall–Kier alpha value is -5.45. The van der Waals surface area contributed by atoms with Gasteiger partial charge in [0.25, 0.3) is 0 Å². The molecule has 0 aromatic heterocycles. The third kappa shape index (κ3) is 3.76. The van der Waals surface area contributed by atoms with Crippen LogP contribution in [0.25, 0.3) is 0 Å². The van der Waals surface area contributed by atoms with E-state index in [1.54, 1.807) is 0 Å². The van der Waals surface area contributed by atoms with Crippen molar-refractivity contribution >= 4 is 71.0 Å². The third-order valence-electron chi connectivity index (χ3n) is 10.0. The Bertz CT molecular complexity index is 2180. The number of hydrogen-bond acceptors (Lipinski definition) is 3. The Morgan fingerprint density at radius 2 is 0.851 bits per heavy atom. The van der Waals surface area contributed by atoms with E-state index in [1.807, 2.05) is 0 Å². The molecule has 0 fully saturated rings. The zero-order valence-electron chi connectivity index (χ0n) is 25.5. The minimum absolute atomic E-state index is 0.0451. The van der Waals surface area contributed by atoms with E-state index < -0.39 is 13.3 Å². The summed E-state index contributed by atoms with van der Waals surface area (Å²) in [4.78, 5) is 2.43. The van der Waals surface area contributed by atoms with E-state index in [0.29, 0.717) is 0 Å². The van der Waals surface area contributed by atoms with Crippen LogP contribution in [0.4, 0.5) is 17.1 Å². The topological polar surface area (TPSA) is 21.7 Å². The van der Waals surface area contributed by atoms with Gasteiger partial charge in [-0.2, -0.15) is 0 Å². The molecule has 0 atom stereocenters. The summed E-state index contributed by atoms with van der Waals surface area (Å²) in [6.07, 6.45) is 0. The number of ether oxygens (including phenoxy) is 2. The maximum atomic E-state index is 6.73. The van der Waals surface area contributed by atoms with Gasteiger partial charge in [-0.25, -0.2) is 0 Å². The summed E-state index contributed by atoms with van der Waals surface area (Å²) in [5, 5.41) is 0. The number of benzene rings is 7. The number of para-hydroxylation sites is 4. The van der Waals surface area contributed by atoms with Gasteiger partial charge in [0.05, 0.1) is 0 Å². The van der Waals surface area contributed by atoms with Crippen molar-refractivity contribution < 1.29 is 9.47 Å². The van der Waals surface area contributed by atoms with Crippen molar-refractivity contribution in [1.82, 2.24) is 0 Å². The van der Waals surface area contributed by atoms with Crippen LogP contribution in [0.3, 0.4) is 0 Å². The van der Waals surface area contributed by atoms with E-state index in [4.69, 9.17) is 9.47 Å². The molecule has 0 unspecified atom stereocenters. The normalized spacial score (nSPS) is 14.4. The van der Waals surface area contributed by atoms with Crippen LogP contribution in [-0.4, -0.2) is 20.0 Å². The van der Waals surface area contributed by atoms with Crippen LogP contribution in [0.1, 0.15) is 0 Å². The van der Waals surface area contributed by atoms with Crippen molar-refractivity contribution in [1.29, 1.82) is 0 Å². The minimum atomic E-state index is -3.46. The van der Waals surface area contributed by atoms with Gasteiger partial charge in [-0.3, -0.25) is 0 Å². The predicted molar refractivity (Wildman–Crippen MR) is 196 cm³/mol. The molecule has 3 aliphatic rings. The van der Waals surface area contributed by atoms with Crippen LogP contribution in [0, 0.1) is 0 Å². The molecular formula is C42H28BGeNO2. The van der Waals surface area contributed by atoms with Gasteiger partial charge in [-0.15, -0.1) is 0 Å². The molecule has 0 bridgehead atoms. The van der Waals surface area contributed by atoms with Crippen molar-refractivity contribution in [2.75, 3.05) is 4.90 Å². The molecule has 7 aromatic carbocycles. The van der Waals surface area contributed by atoms with Crippen LogP contribution < -0.4 is 48.3 Å². The van der Waals surface area contributed by atoms with Gasteiger partial charge in [-0.1, -0.05) is 0 Å². The number of fused-ring (bicyclic) bond motifs is 6. The zero-order valence-corrected chi connectivity index (χ0v) is 27.6. The second-order valence-corrected chi connectivity index (χ2v) is 20.3. The monoisotopic (exact) mass is 663 g/mol. The van der Waals surface area contributed by atoms with Crippen LogP contribution in [0.2, 0.25) is 0 Å². The molecule has 47 heavy (non-hydrogen) atoms. The average molecular weight is 662 g/mol. The fraction of sp³-hybridized carbons (Fsp3) is 0. The first-order chi connectivity index (χ1) is 23.3. The van der Waals surface area contributed by atoms with E-state index >= 15 is 0 Å². The van der Waals surface area contributed by atoms with Gasteiger partial charge in [0.15, 0.2) is 0 Å². The van der Waals surface area contributed by atoms with E-state index in [0.717, 1.165) is 34.1 Å². The second kappa shape index (κ2) is 10.3. The van der Waals surface area contributed by atoms with Gasteiger partial charge in [0.2, 0.25) is 0 Å². The van der Waals surface area contributed by atoms with E-state index in [2.05, 4.69) is 175 Å². The van der Waals surface area contributed by atoms with Gasteiger partial charge >= 0.3 is 278 Å². The quantitative estimate of drug-likeness (QED) is 0.231. The summed E-state index contributed by atoms with van der Waals surface area (Å²) in [6, 6.07) is 61.7. The molecule has 220 valence electrons. The third-order valence-corrected chi connectivity index (χ3v) is 20.2. The number of anilines is 3. The van der Waals surface area contributed by atoms with Crippen LogP contribution in [0.5, 0.6) is 23.0 Å². The van der Waals surface area contributed by atoms with Gasteiger partial charge in [0.1, 0.15) is 0 Å². The fourth-order valence-corrected chi connectivity index (χ4v) is 18.9. The molecule has 0 spiro atoms. The summed E-state index contributed by atoms with van der Waals surface area (Å²) in [5.41, 5.74) is 6.85. The molecule has 0 radical (unpaired) electrons. The van der Waals surface area contributed by atoms with Crippen molar-refractivity contribution in [3.8, 4) is 23.0 Å². The molecule has 0 amide bonds. The molecule has 10 rings (SSSR count).